The zero-order valence-electron chi connectivity index (χ0n) is 12.0. The first kappa shape index (κ1) is 15.1. The molecule has 1 aliphatic heterocycles. The number of amides is 1. The molecule has 0 spiro atoms. The van der Waals surface area contributed by atoms with Gasteiger partial charge in [-0.2, -0.15) is 10.2 Å². The third kappa shape index (κ3) is 2.89. The lowest BCUT2D eigenvalue weighted by atomic mass is 10.2. The van der Waals surface area contributed by atoms with Gasteiger partial charge < -0.3 is 4.74 Å². The van der Waals surface area contributed by atoms with Crippen molar-refractivity contribution >= 4 is 17.5 Å². The fraction of sp³-hybridized carbons (Fsp3) is 0.0714. The van der Waals surface area contributed by atoms with E-state index in [1.165, 1.54) is 12.1 Å². The highest BCUT2D eigenvalue weighted by molar-refractivity contribution is 5.83. The molecule has 0 saturated carbocycles. The zero-order chi connectivity index (χ0) is 16.3. The predicted molar refractivity (Wildman–Crippen MR) is 80.1 cm³/mol. The van der Waals surface area contributed by atoms with Gasteiger partial charge in [0.2, 0.25) is 0 Å². The molecule has 0 radical (unpaired) electrons. The van der Waals surface area contributed by atoms with E-state index in [1.54, 1.807) is 36.4 Å². The van der Waals surface area contributed by atoms with Gasteiger partial charge in [0.15, 0.2) is 12.4 Å². The molecule has 2 aromatic carbocycles. The number of hydrogen-bond donors (Lipinski definition) is 4. The quantitative estimate of drug-likeness (QED) is 0.502. The molecule has 1 heterocycles. The molecule has 4 N–H and O–H groups in total. The number of quaternary nitrogens is 1. The lowest BCUT2D eigenvalue weighted by Crippen LogP contribution is -2.62. The number of ether oxygens (including phenoxy) is 1. The average molecular weight is 317 g/mol. The Bertz CT molecular complexity index is 714. The van der Waals surface area contributed by atoms with Gasteiger partial charge in [-0.25, -0.2) is 5.21 Å². The summed E-state index contributed by atoms with van der Waals surface area (Å²) in [6, 6.07) is 14.6. The second kappa shape index (κ2) is 6.10. The van der Waals surface area contributed by atoms with Crippen LogP contribution in [0.4, 0.5) is 16.2 Å². The number of nitrogens with zero attached hydrogens (tertiary/aromatic N) is 2. The number of nitrogens with one attached hydrogen (secondary N) is 3. The maximum absolute atomic E-state index is 12.6. The van der Waals surface area contributed by atoms with Crippen molar-refractivity contribution in [3.05, 3.63) is 59.5 Å². The fourth-order valence-corrected chi connectivity index (χ4v) is 2.21. The van der Waals surface area contributed by atoms with Crippen LogP contribution in [0.3, 0.4) is 0 Å². The molecule has 3 rings (SSSR count). The Morgan fingerprint density at radius 3 is 2.39 bits per heavy atom. The van der Waals surface area contributed by atoms with Crippen molar-refractivity contribution in [2.24, 2.45) is 0 Å². The summed E-state index contributed by atoms with van der Waals surface area (Å²) >= 11 is 0. The van der Waals surface area contributed by atoms with Gasteiger partial charge in [-0.05, 0) is 12.1 Å². The first-order valence-electron chi connectivity index (χ1n) is 6.79. The van der Waals surface area contributed by atoms with Crippen LogP contribution in [0.1, 0.15) is 0 Å². The van der Waals surface area contributed by atoms with E-state index in [9.17, 15) is 9.70 Å². The van der Waals surface area contributed by atoms with Crippen LogP contribution in [-0.4, -0.2) is 22.9 Å². The predicted octanol–water partition coefficient (Wildman–Crippen LogP) is 1.48. The van der Waals surface area contributed by atoms with Crippen molar-refractivity contribution in [3.8, 4) is 5.75 Å². The molecule has 1 saturated heterocycles. The Kier molecular flexibility index (Phi) is 4.00. The topological polar surface area (TPSA) is 103 Å². The SMILES string of the molecule is O=C(Oc1ccccc1)[N+]1(c2ccc([N+](=O)O)cc2)CNNN1. The molecule has 1 fully saturated rings. The highest BCUT2D eigenvalue weighted by atomic mass is 16.6. The van der Waals surface area contributed by atoms with Crippen LogP contribution in [0.15, 0.2) is 54.6 Å². The van der Waals surface area contributed by atoms with Crippen LogP contribution in [0.2, 0.25) is 0 Å². The standard InChI is InChI=1S/C14H15N5O4/c20-14(23-13-4-2-1-3-5-13)19(10-15-16-17-19)12-8-6-11(7-9-12)18(21)22/h1-9,15-17H,10H2,(H,21,22)/q+2. The summed E-state index contributed by atoms with van der Waals surface area (Å²) in [7, 11) is 0. The van der Waals surface area contributed by atoms with Crippen molar-refractivity contribution in [2.45, 2.75) is 0 Å². The van der Waals surface area contributed by atoms with Crippen LogP contribution in [0.5, 0.6) is 5.75 Å². The maximum Gasteiger partial charge on any atom is 0.549 e. The van der Waals surface area contributed by atoms with Crippen molar-refractivity contribution in [1.82, 2.24) is 21.1 Å². The molecule has 9 heteroatoms. The molecule has 2 aromatic rings. The summed E-state index contributed by atoms with van der Waals surface area (Å²) in [4.78, 5) is 23.3. The third-order valence-electron chi connectivity index (χ3n) is 3.42. The molecular weight excluding hydrogens is 302 g/mol. The van der Waals surface area contributed by atoms with Gasteiger partial charge in [-0.15, -0.1) is 5.53 Å². The Morgan fingerprint density at radius 2 is 1.83 bits per heavy atom. The normalized spacial score (nSPS) is 20.2. The number of carbonyl (C=O) groups excluding carboxylic acids is 1. The van der Waals surface area contributed by atoms with Gasteiger partial charge in [0.25, 0.3) is 4.92 Å². The minimum Gasteiger partial charge on any atom is -0.379 e. The summed E-state index contributed by atoms with van der Waals surface area (Å²) < 4.78 is 5.03. The van der Waals surface area contributed by atoms with E-state index >= 15 is 0 Å². The smallest absolute Gasteiger partial charge is 0.379 e. The summed E-state index contributed by atoms with van der Waals surface area (Å²) in [6.07, 6.45) is -0.565. The Labute approximate surface area is 131 Å². The van der Waals surface area contributed by atoms with Gasteiger partial charge >= 0.3 is 11.8 Å². The molecule has 1 amide bonds. The number of para-hydroxylation sites is 1. The van der Waals surface area contributed by atoms with Gasteiger partial charge in [0.05, 0.1) is 4.91 Å². The van der Waals surface area contributed by atoms with E-state index in [0.29, 0.717) is 11.4 Å². The molecule has 0 aliphatic carbocycles. The van der Waals surface area contributed by atoms with Crippen molar-refractivity contribution in [1.29, 1.82) is 0 Å². The Balaban J connectivity index is 1.90. The molecule has 118 valence electrons. The monoisotopic (exact) mass is 317 g/mol. The van der Waals surface area contributed by atoms with Crippen LogP contribution in [-0.2, 0) is 0 Å². The maximum atomic E-state index is 12.6. The highest BCUT2D eigenvalue weighted by Gasteiger charge is 2.46. The van der Waals surface area contributed by atoms with Crippen LogP contribution < -0.4 is 25.8 Å². The summed E-state index contributed by atoms with van der Waals surface area (Å²) in [6.45, 7) is 0.186. The Hall–Kier alpha value is -2.85. The number of carbonyl (C=O) groups is 1. The van der Waals surface area contributed by atoms with Gasteiger partial charge in [-0.1, -0.05) is 28.3 Å². The molecule has 1 atom stereocenters. The molecule has 9 nitrogen and oxygen atoms in total. The molecular formula is C14H15N5O4+2. The average Bonchev–Trinajstić information content (AvgIpc) is 3.07. The fourth-order valence-electron chi connectivity index (χ4n) is 2.21. The lowest BCUT2D eigenvalue weighted by Gasteiger charge is -2.25. The van der Waals surface area contributed by atoms with Crippen molar-refractivity contribution in [2.75, 3.05) is 6.67 Å². The minimum atomic E-state index is -0.565. The van der Waals surface area contributed by atoms with Gasteiger partial charge in [0, 0.05) is 24.3 Å². The number of benzene rings is 2. The minimum absolute atomic E-state index is 0.0587. The van der Waals surface area contributed by atoms with E-state index in [-0.39, 0.29) is 21.9 Å². The van der Waals surface area contributed by atoms with Crippen LogP contribution in [0.25, 0.3) is 0 Å². The first-order chi connectivity index (χ1) is 11.1. The van der Waals surface area contributed by atoms with Crippen molar-refractivity contribution < 1.29 is 19.7 Å². The Morgan fingerprint density at radius 1 is 1.13 bits per heavy atom. The van der Waals surface area contributed by atoms with E-state index < -0.39 is 6.09 Å². The molecule has 23 heavy (non-hydrogen) atoms. The van der Waals surface area contributed by atoms with Crippen LogP contribution >= 0.6 is 0 Å². The van der Waals surface area contributed by atoms with Crippen LogP contribution in [0, 0.1) is 4.91 Å². The van der Waals surface area contributed by atoms with Gasteiger partial charge in [-0.3, -0.25) is 0 Å². The number of hydrazine groups is 2. The first-order valence-corrected chi connectivity index (χ1v) is 6.79. The lowest BCUT2D eigenvalue weighted by molar-refractivity contribution is -0.729. The molecule has 0 bridgehead atoms. The number of rotatable bonds is 3. The number of hydrogen-bond acceptors (Lipinski definition) is 6. The van der Waals surface area contributed by atoms with E-state index in [1.807, 2.05) is 6.07 Å². The van der Waals surface area contributed by atoms with Gasteiger partial charge in [0.1, 0.15) is 5.75 Å². The highest BCUT2D eigenvalue weighted by Crippen LogP contribution is 2.26. The molecule has 1 aliphatic rings. The third-order valence-corrected chi connectivity index (χ3v) is 3.42. The summed E-state index contributed by atoms with van der Waals surface area (Å²) in [5.41, 5.74) is 8.85. The van der Waals surface area contributed by atoms with E-state index in [2.05, 4.69) is 16.5 Å². The molecule has 0 aromatic heterocycles. The largest absolute Gasteiger partial charge is 0.549 e. The van der Waals surface area contributed by atoms with E-state index in [0.717, 1.165) is 0 Å². The second-order valence-electron chi connectivity index (χ2n) is 4.85. The summed E-state index contributed by atoms with van der Waals surface area (Å²) in [5.74, 6) is 0.418. The summed E-state index contributed by atoms with van der Waals surface area (Å²) in [5, 5.41) is 8.89. The second-order valence-corrected chi connectivity index (χ2v) is 4.85. The van der Waals surface area contributed by atoms with E-state index in [4.69, 9.17) is 9.94 Å². The zero-order valence-corrected chi connectivity index (χ0v) is 12.0. The van der Waals surface area contributed by atoms with Crippen molar-refractivity contribution in [3.63, 3.8) is 0 Å². The molecule has 1 unspecified atom stereocenters.